The number of rotatable bonds is 1. The number of hydrogen-bond acceptors (Lipinski definition) is 4. The molecule has 1 aromatic rings. The zero-order valence-electron chi connectivity index (χ0n) is 6.69. The lowest BCUT2D eigenvalue weighted by Crippen LogP contribution is -2.12. The summed E-state index contributed by atoms with van der Waals surface area (Å²) in [6.07, 6.45) is 4.38. The predicted molar refractivity (Wildman–Crippen MR) is 40.5 cm³/mol. The van der Waals surface area contributed by atoms with Crippen molar-refractivity contribution in [2.45, 2.75) is 31.6 Å². The molecular weight excluding hydrogens is 156 g/mol. The molecule has 0 radical (unpaired) electrons. The number of Topliss-reactive ketones (excluding diaryl/α,β-unsaturated/α-hetero) is 1. The fourth-order valence-electron chi connectivity index (χ4n) is 1.55. The Hall–Kier alpha value is -1.19. The van der Waals surface area contributed by atoms with E-state index < -0.39 is 0 Å². The summed E-state index contributed by atoms with van der Waals surface area (Å²) < 4.78 is 5.07. The lowest BCUT2D eigenvalue weighted by molar-refractivity contribution is -0.120. The van der Waals surface area contributed by atoms with Crippen molar-refractivity contribution in [2.24, 2.45) is 0 Å². The summed E-state index contributed by atoms with van der Waals surface area (Å²) in [5, 5.41) is 7.45. The highest BCUT2D eigenvalue weighted by atomic mass is 16.4. The van der Waals surface area contributed by atoms with Gasteiger partial charge in [0.25, 0.3) is 0 Å². The maximum atomic E-state index is 10.9. The average Bonchev–Trinajstić information content (AvgIpc) is 2.58. The first-order chi connectivity index (χ1) is 5.86. The molecule has 1 aliphatic carbocycles. The molecule has 0 N–H and O–H groups in total. The fourth-order valence-corrected chi connectivity index (χ4v) is 1.55. The Bertz CT molecular complexity index is 259. The fraction of sp³-hybridized carbons (Fsp3) is 0.625. The van der Waals surface area contributed by atoms with Gasteiger partial charge in [0.2, 0.25) is 12.3 Å². The van der Waals surface area contributed by atoms with E-state index in [1.54, 1.807) is 0 Å². The molecule has 0 spiro atoms. The zero-order chi connectivity index (χ0) is 8.39. The van der Waals surface area contributed by atoms with Crippen LogP contribution >= 0.6 is 0 Å². The molecule has 4 nitrogen and oxygen atoms in total. The van der Waals surface area contributed by atoms with Gasteiger partial charge in [0.05, 0.1) is 0 Å². The van der Waals surface area contributed by atoms with E-state index in [2.05, 4.69) is 10.2 Å². The van der Waals surface area contributed by atoms with Crippen LogP contribution in [0.2, 0.25) is 0 Å². The summed E-state index contributed by atoms with van der Waals surface area (Å²) in [7, 11) is 0. The van der Waals surface area contributed by atoms with E-state index in [-0.39, 0.29) is 0 Å². The third-order valence-corrected chi connectivity index (χ3v) is 2.27. The van der Waals surface area contributed by atoms with E-state index in [1.807, 2.05) is 0 Å². The zero-order valence-corrected chi connectivity index (χ0v) is 6.69. The van der Waals surface area contributed by atoms with E-state index >= 15 is 0 Å². The van der Waals surface area contributed by atoms with Crippen LogP contribution in [0, 0.1) is 0 Å². The second kappa shape index (κ2) is 3.05. The van der Waals surface area contributed by atoms with Crippen LogP contribution in [0.15, 0.2) is 10.8 Å². The first kappa shape index (κ1) is 7.46. The molecule has 0 amide bonds. The van der Waals surface area contributed by atoms with Crippen LogP contribution in [-0.2, 0) is 4.79 Å². The van der Waals surface area contributed by atoms with Gasteiger partial charge in [-0.3, -0.25) is 4.79 Å². The molecule has 0 aliphatic heterocycles. The Labute approximate surface area is 70.0 Å². The molecule has 4 heteroatoms. The standard InChI is InChI=1S/C8H10N2O2/c11-7-3-1-6(2-4-7)8-10-9-5-12-8/h5-6H,1-4H2. The largest absolute Gasteiger partial charge is 0.428 e. The maximum absolute atomic E-state index is 10.9. The molecule has 1 fully saturated rings. The monoisotopic (exact) mass is 166 g/mol. The molecule has 64 valence electrons. The van der Waals surface area contributed by atoms with Crippen LogP contribution in [0.3, 0.4) is 0 Å². The van der Waals surface area contributed by atoms with Gasteiger partial charge in [0, 0.05) is 18.8 Å². The third-order valence-electron chi connectivity index (χ3n) is 2.27. The second-order valence-corrected chi connectivity index (χ2v) is 3.09. The Morgan fingerprint density at radius 1 is 1.42 bits per heavy atom. The van der Waals surface area contributed by atoms with Gasteiger partial charge >= 0.3 is 0 Å². The van der Waals surface area contributed by atoms with Crippen LogP contribution in [0.4, 0.5) is 0 Å². The molecule has 0 aromatic carbocycles. The Kier molecular flexibility index (Phi) is 1.89. The molecule has 2 rings (SSSR count). The number of carbonyl (C=O) groups excluding carboxylic acids is 1. The number of nitrogens with zero attached hydrogens (tertiary/aromatic N) is 2. The molecule has 1 saturated carbocycles. The third kappa shape index (κ3) is 1.37. The lowest BCUT2D eigenvalue weighted by atomic mass is 9.88. The normalized spacial score (nSPS) is 19.8. The van der Waals surface area contributed by atoms with E-state index in [1.165, 1.54) is 6.39 Å². The van der Waals surface area contributed by atoms with Crippen molar-refractivity contribution in [1.29, 1.82) is 0 Å². The highest BCUT2D eigenvalue weighted by molar-refractivity contribution is 5.79. The molecule has 1 aliphatic rings. The number of aromatic nitrogens is 2. The lowest BCUT2D eigenvalue weighted by Gasteiger charge is -2.16. The minimum Gasteiger partial charge on any atom is -0.428 e. The molecule has 0 bridgehead atoms. The van der Waals surface area contributed by atoms with Gasteiger partial charge in [0.15, 0.2) is 0 Å². The number of ketones is 1. The van der Waals surface area contributed by atoms with Crippen molar-refractivity contribution in [3.05, 3.63) is 12.3 Å². The molecule has 12 heavy (non-hydrogen) atoms. The van der Waals surface area contributed by atoms with E-state index in [0.29, 0.717) is 30.4 Å². The van der Waals surface area contributed by atoms with Crippen molar-refractivity contribution in [3.8, 4) is 0 Å². The smallest absolute Gasteiger partial charge is 0.219 e. The summed E-state index contributed by atoms with van der Waals surface area (Å²) >= 11 is 0. The van der Waals surface area contributed by atoms with Gasteiger partial charge in [-0.1, -0.05) is 0 Å². The Balaban J connectivity index is 2.03. The molecule has 1 aromatic heterocycles. The summed E-state index contributed by atoms with van der Waals surface area (Å²) in [6, 6.07) is 0. The van der Waals surface area contributed by atoms with E-state index in [4.69, 9.17) is 4.42 Å². The SMILES string of the molecule is O=C1CCC(c2nnco2)CC1. The minimum atomic E-state index is 0.310. The molecule has 0 unspecified atom stereocenters. The van der Waals surface area contributed by atoms with Crippen molar-refractivity contribution in [2.75, 3.05) is 0 Å². The summed E-state index contributed by atoms with van der Waals surface area (Å²) in [6.45, 7) is 0. The van der Waals surface area contributed by atoms with Crippen molar-refractivity contribution in [1.82, 2.24) is 10.2 Å². The Morgan fingerprint density at radius 2 is 2.17 bits per heavy atom. The summed E-state index contributed by atoms with van der Waals surface area (Å²) in [5.74, 6) is 1.35. The summed E-state index contributed by atoms with van der Waals surface area (Å²) in [4.78, 5) is 10.9. The van der Waals surface area contributed by atoms with Crippen molar-refractivity contribution in [3.63, 3.8) is 0 Å². The minimum absolute atomic E-state index is 0.310. The highest BCUT2D eigenvalue weighted by Gasteiger charge is 2.23. The number of hydrogen-bond donors (Lipinski definition) is 0. The highest BCUT2D eigenvalue weighted by Crippen LogP contribution is 2.29. The molecule has 1 heterocycles. The van der Waals surface area contributed by atoms with Crippen LogP contribution in [0.1, 0.15) is 37.5 Å². The van der Waals surface area contributed by atoms with E-state index in [0.717, 1.165) is 12.8 Å². The molecule has 0 atom stereocenters. The van der Waals surface area contributed by atoms with Gasteiger partial charge < -0.3 is 4.42 Å². The predicted octanol–water partition coefficient (Wildman–Crippen LogP) is 1.30. The number of carbonyl (C=O) groups is 1. The van der Waals surface area contributed by atoms with Gasteiger partial charge in [-0.05, 0) is 12.8 Å². The van der Waals surface area contributed by atoms with Crippen molar-refractivity contribution >= 4 is 5.78 Å². The van der Waals surface area contributed by atoms with Crippen LogP contribution in [0.25, 0.3) is 0 Å². The topological polar surface area (TPSA) is 56.0 Å². The van der Waals surface area contributed by atoms with Crippen LogP contribution < -0.4 is 0 Å². The summed E-state index contributed by atoms with van der Waals surface area (Å²) in [5.41, 5.74) is 0. The molecule has 0 saturated heterocycles. The first-order valence-corrected chi connectivity index (χ1v) is 4.14. The Morgan fingerprint density at radius 3 is 2.75 bits per heavy atom. The van der Waals surface area contributed by atoms with Gasteiger partial charge in [-0.25, -0.2) is 0 Å². The van der Waals surface area contributed by atoms with Crippen LogP contribution in [-0.4, -0.2) is 16.0 Å². The van der Waals surface area contributed by atoms with Gasteiger partial charge in [0.1, 0.15) is 5.78 Å². The second-order valence-electron chi connectivity index (χ2n) is 3.09. The van der Waals surface area contributed by atoms with Crippen LogP contribution in [0.5, 0.6) is 0 Å². The maximum Gasteiger partial charge on any atom is 0.219 e. The average molecular weight is 166 g/mol. The van der Waals surface area contributed by atoms with Gasteiger partial charge in [-0.15, -0.1) is 10.2 Å². The molecular formula is C8H10N2O2. The first-order valence-electron chi connectivity index (χ1n) is 4.14. The van der Waals surface area contributed by atoms with E-state index in [9.17, 15) is 4.79 Å². The van der Waals surface area contributed by atoms with Gasteiger partial charge in [-0.2, -0.15) is 0 Å². The quantitative estimate of drug-likeness (QED) is 0.630. The van der Waals surface area contributed by atoms with Crippen molar-refractivity contribution < 1.29 is 9.21 Å².